The first-order valence-corrected chi connectivity index (χ1v) is 7.72. The van der Waals surface area contributed by atoms with Gasteiger partial charge in [0.15, 0.2) is 0 Å². The molecule has 0 aromatic carbocycles. The number of nitrogens with zero attached hydrogens (tertiary/aromatic N) is 3. The van der Waals surface area contributed by atoms with Crippen LogP contribution < -0.4 is 10.2 Å². The second-order valence-electron chi connectivity index (χ2n) is 5.49. The molecular formula is C16H30N4. The van der Waals surface area contributed by atoms with E-state index >= 15 is 0 Å². The predicted molar refractivity (Wildman–Crippen MR) is 87.3 cm³/mol. The Kier molecular flexibility index (Phi) is 8.23. The number of nitrogens with one attached hydrogen (secondary N) is 1. The summed E-state index contributed by atoms with van der Waals surface area (Å²) < 4.78 is 0. The van der Waals surface area contributed by atoms with Crippen molar-refractivity contribution < 1.29 is 0 Å². The van der Waals surface area contributed by atoms with Crippen molar-refractivity contribution in [1.82, 2.24) is 15.2 Å². The van der Waals surface area contributed by atoms with E-state index < -0.39 is 0 Å². The number of hydrogen-bond donors (Lipinski definition) is 1. The maximum absolute atomic E-state index is 4.54. The van der Waals surface area contributed by atoms with Gasteiger partial charge in [0.2, 0.25) is 0 Å². The highest BCUT2D eigenvalue weighted by molar-refractivity contribution is 5.41. The minimum absolute atomic E-state index is 0.928. The highest BCUT2D eigenvalue weighted by Crippen LogP contribution is 2.13. The van der Waals surface area contributed by atoms with Gasteiger partial charge >= 0.3 is 0 Å². The van der Waals surface area contributed by atoms with E-state index in [0.29, 0.717) is 0 Å². The SMILES string of the molecule is CCCNCc1ccnc(N(CCC)CCN(C)C)c1. The minimum Gasteiger partial charge on any atom is -0.355 e. The van der Waals surface area contributed by atoms with Crippen molar-refractivity contribution in [3.05, 3.63) is 23.9 Å². The van der Waals surface area contributed by atoms with Gasteiger partial charge in [0.05, 0.1) is 0 Å². The number of rotatable bonds is 10. The van der Waals surface area contributed by atoms with Gasteiger partial charge < -0.3 is 15.1 Å². The Hall–Kier alpha value is -1.13. The molecule has 1 aromatic rings. The molecule has 0 unspecified atom stereocenters. The quantitative estimate of drug-likeness (QED) is 0.666. The fourth-order valence-electron chi connectivity index (χ4n) is 2.08. The fraction of sp³-hybridized carbons (Fsp3) is 0.688. The third-order valence-corrected chi connectivity index (χ3v) is 3.20. The molecule has 1 rings (SSSR count). The van der Waals surface area contributed by atoms with Gasteiger partial charge in [0.1, 0.15) is 5.82 Å². The molecule has 0 atom stereocenters. The topological polar surface area (TPSA) is 31.4 Å². The summed E-state index contributed by atoms with van der Waals surface area (Å²) in [6.07, 6.45) is 4.24. The van der Waals surface area contributed by atoms with E-state index in [2.05, 4.69) is 60.2 Å². The molecule has 0 saturated heterocycles. The van der Waals surface area contributed by atoms with Crippen LogP contribution in [0.5, 0.6) is 0 Å². The van der Waals surface area contributed by atoms with Crippen LogP contribution in [0.2, 0.25) is 0 Å². The summed E-state index contributed by atoms with van der Waals surface area (Å²) in [6.45, 7) is 9.55. The zero-order valence-corrected chi connectivity index (χ0v) is 13.5. The fourth-order valence-corrected chi connectivity index (χ4v) is 2.08. The number of aromatic nitrogens is 1. The average Bonchev–Trinajstić information content (AvgIpc) is 2.44. The van der Waals surface area contributed by atoms with Crippen LogP contribution in [0.1, 0.15) is 32.3 Å². The van der Waals surface area contributed by atoms with E-state index in [1.165, 1.54) is 12.0 Å². The Morgan fingerprint density at radius 1 is 1.10 bits per heavy atom. The van der Waals surface area contributed by atoms with Crippen LogP contribution in [0, 0.1) is 0 Å². The van der Waals surface area contributed by atoms with Gasteiger partial charge in [-0.25, -0.2) is 4.98 Å². The molecule has 0 saturated carbocycles. The first-order chi connectivity index (χ1) is 9.67. The van der Waals surface area contributed by atoms with Crippen molar-refractivity contribution in [3.63, 3.8) is 0 Å². The van der Waals surface area contributed by atoms with Gasteiger partial charge in [-0.2, -0.15) is 0 Å². The van der Waals surface area contributed by atoms with E-state index in [4.69, 9.17) is 0 Å². The van der Waals surface area contributed by atoms with Crippen molar-refractivity contribution in [3.8, 4) is 0 Å². The van der Waals surface area contributed by atoms with E-state index in [-0.39, 0.29) is 0 Å². The lowest BCUT2D eigenvalue weighted by atomic mass is 10.2. The molecule has 0 amide bonds. The summed E-state index contributed by atoms with van der Waals surface area (Å²) in [5, 5.41) is 3.45. The summed E-state index contributed by atoms with van der Waals surface area (Å²) in [6, 6.07) is 4.32. The molecule has 0 fully saturated rings. The standard InChI is InChI=1S/C16H30N4/c1-5-8-17-14-15-7-9-18-16(13-15)20(10-6-2)12-11-19(3)4/h7,9,13,17H,5-6,8,10-12,14H2,1-4H3. The predicted octanol–water partition coefficient (Wildman–Crippen LogP) is 2.36. The summed E-state index contributed by atoms with van der Waals surface area (Å²) in [5.74, 6) is 1.10. The highest BCUT2D eigenvalue weighted by Gasteiger charge is 2.08. The van der Waals surface area contributed by atoms with Crippen LogP contribution in [0.4, 0.5) is 5.82 Å². The van der Waals surface area contributed by atoms with E-state index in [1.807, 2.05) is 6.20 Å². The molecular weight excluding hydrogens is 248 g/mol. The lowest BCUT2D eigenvalue weighted by molar-refractivity contribution is 0.412. The van der Waals surface area contributed by atoms with Crippen LogP contribution in [-0.4, -0.2) is 50.2 Å². The molecule has 1 aromatic heterocycles. The first kappa shape index (κ1) is 16.9. The van der Waals surface area contributed by atoms with Gasteiger partial charge in [-0.05, 0) is 51.2 Å². The summed E-state index contributed by atoms with van der Waals surface area (Å²) >= 11 is 0. The lowest BCUT2D eigenvalue weighted by Crippen LogP contribution is -2.33. The van der Waals surface area contributed by atoms with Crippen LogP contribution >= 0.6 is 0 Å². The zero-order chi connectivity index (χ0) is 14.8. The largest absolute Gasteiger partial charge is 0.355 e. The molecule has 0 aliphatic carbocycles. The lowest BCUT2D eigenvalue weighted by Gasteiger charge is -2.25. The number of likely N-dealkylation sites (N-methyl/N-ethyl adjacent to an activating group) is 1. The summed E-state index contributed by atoms with van der Waals surface area (Å²) in [5.41, 5.74) is 1.31. The molecule has 4 heteroatoms. The van der Waals surface area contributed by atoms with Crippen LogP contribution in [-0.2, 0) is 6.54 Å². The Labute approximate surface area is 124 Å². The molecule has 114 valence electrons. The molecule has 4 nitrogen and oxygen atoms in total. The molecule has 0 radical (unpaired) electrons. The Morgan fingerprint density at radius 3 is 2.55 bits per heavy atom. The molecule has 1 heterocycles. The van der Waals surface area contributed by atoms with Crippen molar-refractivity contribution in [2.45, 2.75) is 33.2 Å². The monoisotopic (exact) mass is 278 g/mol. The van der Waals surface area contributed by atoms with E-state index in [1.54, 1.807) is 0 Å². The van der Waals surface area contributed by atoms with Crippen molar-refractivity contribution in [2.24, 2.45) is 0 Å². The van der Waals surface area contributed by atoms with Crippen molar-refractivity contribution in [1.29, 1.82) is 0 Å². The average molecular weight is 278 g/mol. The second kappa shape index (κ2) is 9.72. The van der Waals surface area contributed by atoms with Gasteiger partial charge in [-0.1, -0.05) is 13.8 Å². The molecule has 0 bridgehead atoms. The third-order valence-electron chi connectivity index (χ3n) is 3.20. The summed E-state index contributed by atoms with van der Waals surface area (Å²) in [4.78, 5) is 9.14. The molecule has 20 heavy (non-hydrogen) atoms. The Bertz CT molecular complexity index is 365. The van der Waals surface area contributed by atoms with Gasteiger partial charge in [-0.15, -0.1) is 0 Å². The zero-order valence-electron chi connectivity index (χ0n) is 13.5. The first-order valence-electron chi connectivity index (χ1n) is 7.72. The smallest absolute Gasteiger partial charge is 0.128 e. The molecule has 0 spiro atoms. The normalized spacial score (nSPS) is 11.1. The van der Waals surface area contributed by atoms with Crippen molar-refractivity contribution in [2.75, 3.05) is 45.2 Å². The maximum Gasteiger partial charge on any atom is 0.128 e. The van der Waals surface area contributed by atoms with Gasteiger partial charge in [0.25, 0.3) is 0 Å². The van der Waals surface area contributed by atoms with Crippen LogP contribution in [0.15, 0.2) is 18.3 Å². The Morgan fingerprint density at radius 2 is 1.90 bits per heavy atom. The minimum atomic E-state index is 0.928. The maximum atomic E-state index is 4.54. The van der Waals surface area contributed by atoms with E-state index in [0.717, 1.165) is 45.0 Å². The summed E-state index contributed by atoms with van der Waals surface area (Å²) in [7, 11) is 4.23. The van der Waals surface area contributed by atoms with E-state index in [9.17, 15) is 0 Å². The highest BCUT2D eigenvalue weighted by atomic mass is 15.2. The Balaban J connectivity index is 2.66. The molecule has 1 N–H and O–H groups in total. The van der Waals surface area contributed by atoms with Crippen molar-refractivity contribution >= 4 is 5.82 Å². The molecule has 0 aliphatic heterocycles. The number of hydrogen-bond acceptors (Lipinski definition) is 4. The van der Waals surface area contributed by atoms with Crippen LogP contribution in [0.25, 0.3) is 0 Å². The second-order valence-corrected chi connectivity index (χ2v) is 5.49. The number of anilines is 1. The van der Waals surface area contributed by atoms with Gasteiger partial charge in [-0.3, -0.25) is 0 Å². The van der Waals surface area contributed by atoms with Crippen LogP contribution in [0.3, 0.4) is 0 Å². The number of pyridine rings is 1. The third kappa shape index (κ3) is 6.35. The van der Waals surface area contributed by atoms with Gasteiger partial charge in [0, 0.05) is 32.4 Å². The molecule has 0 aliphatic rings.